The van der Waals surface area contributed by atoms with Gasteiger partial charge in [0, 0.05) is 0 Å². The highest BCUT2D eigenvalue weighted by atomic mass is 35.6. The van der Waals surface area contributed by atoms with Gasteiger partial charge >= 0.3 is 0 Å². The third-order valence-corrected chi connectivity index (χ3v) is 3.35. The zero-order chi connectivity index (χ0) is 10.5. The summed E-state index contributed by atoms with van der Waals surface area (Å²) in [6.07, 6.45) is 4.83. The van der Waals surface area contributed by atoms with Crippen molar-refractivity contribution in [1.29, 1.82) is 0 Å². The van der Waals surface area contributed by atoms with Crippen LogP contribution in [-0.2, 0) is 0 Å². The highest BCUT2D eigenvalue weighted by molar-refractivity contribution is 6.68. The van der Waals surface area contributed by atoms with Crippen molar-refractivity contribution in [2.75, 3.05) is 0 Å². The SMILES string of the molecule is CCCCCCC(C)(O)C(Cl)(Cl)Cl. The second-order valence-electron chi connectivity index (χ2n) is 3.58. The molecule has 0 fully saturated rings. The van der Waals surface area contributed by atoms with Crippen LogP contribution < -0.4 is 0 Å². The molecule has 0 aliphatic carbocycles. The molecule has 0 aliphatic heterocycles. The Hall–Kier alpha value is 0.830. The Morgan fingerprint density at radius 1 is 1.08 bits per heavy atom. The number of rotatable bonds is 5. The van der Waals surface area contributed by atoms with Crippen molar-refractivity contribution >= 4 is 34.8 Å². The van der Waals surface area contributed by atoms with Crippen LogP contribution in [-0.4, -0.2) is 14.5 Å². The van der Waals surface area contributed by atoms with Crippen LogP contribution in [0.15, 0.2) is 0 Å². The van der Waals surface area contributed by atoms with Crippen molar-refractivity contribution in [3.63, 3.8) is 0 Å². The molecule has 0 aromatic rings. The van der Waals surface area contributed by atoms with Crippen molar-refractivity contribution in [2.45, 2.75) is 55.3 Å². The number of halogens is 3. The van der Waals surface area contributed by atoms with Gasteiger partial charge in [0.2, 0.25) is 3.79 Å². The minimum Gasteiger partial charge on any atom is -0.386 e. The number of hydrogen-bond donors (Lipinski definition) is 1. The lowest BCUT2D eigenvalue weighted by molar-refractivity contribution is 0.0520. The maximum Gasteiger partial charge on any atom is 0.218 e. The van der Waals surface area contributed by atoms with Crippen molar-refractivity contribution in [3.05, 3.63) is 0 Å². The topological polar surface area (TPSA) is 20.2 Å². The van der Waals surface area contributed by atoms with Gasteiger partial charge in [0.05, 0.1) is 0 Å². The fourth-order valence-corrected chi connectivity index (χ4v) is 1.32. The van der Waals surface area contributed by atoms with Crippen LogP contribution in [0, 0.1) is 0 Å². The van der Waals surface area contributed by atoms with Crippen molar-refractivity contribution in [1.82, 2.24) is 0 Å². The molecule has 0 aromatic carbocycles. The molecule has 80 valence electrons. The van der Waals surface area contributed by atoms with Gasteiger partial charge in [-0.1, -0.05) is 67.4 Å². The molecule has 0 rings (SSSR count). The highest BCUT2D eigenvalue weighted by Gasteiger charge is 2.41. The number of alkyl halides is 3. The van der Waals surface area contributed by atoms with Gasteiger partial charge in [-0.3, -0.25) is 0 Å². The predicted molar refractivity (Wildman–Crippen MR) is 59.7 cm³/mol. The molecule has 0 spiro atoms. The van der Waals surface area contributed by atoms with E-state index in [2.05, 4.69) is 6.92 Å². The zero-order valence-electron chi connectivity index (χ0n) is 8.12. The largest absolute Gasteiger partial charge is 0.386 e. The molecule has 1 atom stereocenters. The van der Waals surface area contributed by atoms with Gasteiger partial charge in [0.25, 0.3) is 0 Å². The number of unbranched alkanes of at least 4 members (excludes halogenated alkanes) is 3. The van der Waals surface area contributed by atoms with E-state index >= 15 is 0 Å². The molecule has 1 unspecified atom stereocenters. The molecule has 13 heavy (non-hydrogen) atoms. The zero-order valence-corrected chi connectivity index (χ0v) is 10.4. The van der Waals surface area contributed by atoms with Crippen molar-refractivity contribution in [2.24, 2.45) is 0 Å². The lowest BCUT2D eigenvalue weighted by Gasteiger charge is -2.30. The summed E-state index contributed by atoms with van der Waals surface area (Å²) in [6.45, 7) is 3.69. The summed E-state index contributed by atoms with van der Waals surface area (Å²) in [5.74, 6) is 0. The Kier molecular flexibility index (Phi) is 6.01. The van der Waals surface area contributed by atoms with Crippen LogP contribution in [0.3, 0.4) is 0 Å². The van der Waals surface area contributed by atoms with Gasteiger partial charge in [-0.2, -0.15) is 0 Å². The van der Waals surface area contributed by atoms with Crippen LogP contribution in [0.1, 0.15) is 46.0 Å². The van der Waals surface area contributed by atoms with Gasteiger partial charge in [-0.15, -0.1) is 0 Å². The molecule has 0 saturated carbocycles. The quantitative estimate of drug-likeness (QED) is 0.573. The molecule has 0 radical (unpaired) electrons. The van der Waals surface area contributed by atoms with Gasteiger partial charge < -0.3 is 5.11 Å². The van der Waals surface area contributed by atoms with E-state index in [0.717, 1.165) is 25.7 Å². The van der Waals surface area contributed by atoms with Crippen LogP contribution in [0.2, 0.25) is 0 Å². The van der Waals surface area contributed by atoms with E-state index in [1.165, 1.54) is 0 Å². The third kappa shape index (κ3) is 5.31. The summed E-state index contributed by atoms with van der Waals surface area (Å²) in [5, 5.41) is 9.75. The maximum atomic E-state index is 9.75. The summed E-state index contributed by atoms with van der Waals surface area (Å²) in [4.78, 5) is 0. The molecule has 0 aromatic heterocycles. The van der Waals surface area contributed by atoms with E-state index in [4.69, 9.17) is 34.8 Å². The molecule has 0 amide bonds. The number of aliphatic hydroxyl groups is 1. The minimum absolute atomic E-state index is 0.531. The van der Waals surface area contributed by atoms with Crippen LogP contribution in [0.4, 0.5) is 0 Å². The Labute approximate surface area is 95.4 Å². The Morgan fingerprint density at radius 3 is 2.00 bits per heavy atom. The molecule has 0 heterocycles. The van der Waals surface area contributed by atoms with Crippen LogP contribution in [0.25, 0.3) is 0 Å². The van der Waals surface area contributed by atoms with Crippen molar-refractivity contribution < 1.29 is 5.11 Å². The molecule has 0 saturated heterocycles. The standard InChI is InChI=1S/C9H17Cl3O/c1-3-4-5-6-7-8(2,13)9(10,11)12/h13H,3-7H2,1-2H3. The average molecular weight is 248 g/mol. The Morgan fingerprint density at radius 2 is 1.62 bits per heavy atom. The average Bonchev–Trinajstić information content (AvgIpc) is 1.96. The highest BCUT2D eigenvalue weighted by Crippen LogP contribution is 2.40. The van der Waals surface area contributed by atoms with E-state index in [0.29, 0.717) is 6.42 Å². The van der Waals surface area contributed by atoms with E-state index in [9.17, 15) is 5.11 Å². The summed E-state index contributed by atoms with van der Waals surface area (Å²) in [5.41, 5.74) is -1.22. The molecular formula is C9H17Cl3O. The molecule has 4 heteroatoms. The third-order valence-electron chi connectivity index (χ3n) is 2.13. The Bertz CT molecular complexity index is 140. The second kappa shape index (κ2) is 5.65. The fourth-order valence-electron chi connectivity index (χ4n) is 1.04. The Balaban J connectivity index is 3.77. The van der Waals surface area contributed by atoms with E-state index in [1.807, 2.05) is 0 Å². The number of hydrogen-bond acceptors (Lipinski definition) is 1. The maximum absolute atomic E-state index is 9.75. The summed E-state index contributed by atoms with van der Waals surface area (Å²) >= 11 is 16.9. The lowest BCUT2D eigenvalue weighted by atomic mass is 10.00. The minimum atomic E-state index is -1.58. The fraction of sp³-hybridized carbons (Fsp3) is 1.00. The van der Waals surface area contributed by atoms with Gasteiger partial charge in [-0.25, -0.2) is 0 Å². The second-order valence-corrected chi connectivity index (χ2v) is 5.86. The van der Waals surface area contributed by atoms with E-state index in [-0.39, 0.29) is 0 Å². The van der Waals surface area contributed by atoms with E-state index < -0.39 is 9.39 Å². The van der Waals surface area contributed by atoms with Crippen LogP contribution in [0.5, 0.6) is 0 Å². The summed E-state index contributed by atoms with van der Waals surface area (Å²) in [7, 11) is 0. The monoisotopic (exact) mass is 246 g/mol. The van der Waals surface area contributed by atoms with Gasteiger partial charge in [0.1, 0.15) is 5.60 Å². The molecule has 1 N–H and O–H groups in total. The first-order valence-electron chi connectivity index (χ1n) is 4.60. The van der Waals surface area contributed by atoms with Gasteiger partial charge in [0.15, 0.2) is 0 Å². The van der Waals surface area contributed by atoms with Gasteiger partial charge in [-0.05, 0) is 13.3 Å². The first-order chi connectivity index (χ1) is 5.81. The lowest BCUT2D eigenvalue weighted by Crippen LogP contribution is -2.39. The predicted octanol–water partition coefficient (Wildman–Crippen LogP) is 4.08. The summed E-state index contributed by atoms with van der Waals surface area (Å²) < 4.78 is -1.58. The molecule has 0 aliphatic rings. The van der Waals surface area contributed by atoms with Crippen molar-refractivity contribution in [3.8, 4) is 0 Å². The first-order valence-corrected chi connectivity index (χ1v) is 5.74. The van der Waals surface area contributed by atoms with Crippen LogP contribution >= 0.6 is 34.8 Å². The smallest absolute Gasteiger partial charge is 0.218 e. The summed E-state index contributed by atoms with van der Waals surface area (Å²) in [6, 6.07) is 0. The normalized spacial score (nSPS) is 17.1. The first kappa shape index (κ1) is 13.8. The molecular weight excluding hydrogens is 230 g/mol. The molecule has 1 nitrogen and oxygen atoms in total. The van der Waals surface area contributed by atoms with E-state index in [1.54, 1.807) is 6.92 Å². The molecule has 0 bridgehead atoms.